The Kier molecular flexibility index (Phi) is 4.02. The molecule has 4 atom stereocenters. The monoisotopic (exact) mass is 402 g/mol. The van der Waals surface area contributed by atoms with Crippen molar-refractivity contribution < 1.29 is 14.4 Å². The minimum atomic E-state index is -0.246. The molecular weight excluding hydrogens is 384 g/mol. The first-order chi connectivity index (χ1) is 12.0. The maximum atomic E-state index is 12.7. The molecule has 1 heterocycles. The minimum Gasteiger partial charge on any atom is -0.340 e. The van der Waals surface area contributed by atoms with Crippen molar-refractivity contribution in [2.75, 3.05) is 13.6 Å². The Hall–Kier alpha value is -1.95. The summed E-state index contributed by atoms with van der Waals surface area (Å²) < 4.78 is 0.931. The van der Waals surface area contributed by atoms with E-state index in [4.69, 9.17) is 0 Å². The molecule has 0 radical (unpaired) electrons. The fraction of sp³-hybridized carbons (Fsp3) is 0.421. The molecule has 1 aromatic carbocycles. The van der Waals surface area contributed by atoms with Crippen molar-refractivity contribution in [1.82, 2.24) is 9.80 Å². The van der Waals surface area contributed by atoms with E-state index < -0.39 is 0 Å². The lowest BCUT2D eigenvalue weighted by Crippen LogP contribution is -2.42. The molecule has 3 aliphatic rings. The van der Waals surface area contributed by atoms with Crippen molar-refractivity contribution in [2.45, 2.75) is 13.0 Å². The van der Waals surface area contributed by atoms with Gasteiger partial charge in [0.15, 0.2) is 0 Å². The lowest BCUT2D eigenvalue weighted by molar-refractivity contribution is -0.146. The van der Waals surface area contributed by atoms with E-state index in [9.17, 15) is 14.4 Å². The molecule has 1 saturated heterocycles. The van der Waals surface area contributed by atoms with Crippen LogP contribution in [0.15, 0.2) is 40.9 Å². The Bertz CT molecular complexity index is 761. The smallest absolute Gasteiger partial charge is 0.242 e. The van der Waals surface area contributed by atoms with Crippen molar-refractivity contribution in [3.63, 3.8) is 0 Å². The predicted octanol–water partition coefficient (Wildman–Crippen LogP) is 2.21. The highest BCUT2D eigenvalue weighted by Gasteiger charge is 2.59. The van der Waals surface area contributed by atoms with Crippen molar-refractivity contribution in [2.24, 2.45) is 23.7 Å². The van der Waals surface area contributed by atoms with Crippen LogP contribution in [0.3, 0.4) is 0 Å². The van der Waals surface area contributed by atoms with Crippen molar-refractivity contribution in [3.8, 4) is 0 Å². The SMILES string of the molecule is CN(Cc1ccccc1Br)C(=O)CN1C(=O)C2C3C=CC(C3)C2C1=O. The van der Waals surface area contributed by atoms with E-state index in [0.29, 0.717) is 6.54 Å². The molecule has 2 fully saturated rings. The van der Waals surface area contributed by atoms with Gasteiger partial charge in [0.25, 0.3) is 0 Å². The molecular formula is C19H19BrN2O3. The third-order valence-electron chi connectivity index (χ3n) is 5.65. The van der Waals surface area contributed by atoms with E-state index in [-0.39, 0.29) is 47.9 Å². The number of hydrogen-bond acceptors (Lipinski definition) is 3. The summed E-state index contributed by atoms with van der Waals surface area (Å²) in [5.41, 5.74) is 0.983. The summed E-state index contributed by atoms with van der Waals surface area (Å²) in [6, 6.07) is 7.69. The third-order valence-corrected chi connectivity index (χ3v) is 6.42. The van der Waals surface area contributed by atoms with Gasteiger partial charge < -0.3 is 4.90 Å². The Morgan fingerprint density at radius 1 is 1.16 bits per heavy atom. The zero-order valence-electron chi connectivity index (χ0n) is 13.9. The maximum absolute atomic E-state index is 12.7. The summed E-state index contributed by atoms with van der Waals surface area (Å²) in [5, 5.41) is 0. The van der Waals surface area contributed by atoms with Crippen LogP contribution >= 0.6 is 15.9 Å². The first-order valence-electron chi connectivity index (χ1n) is 8.48. The fourth-order valence-corrected chi connectivity index (χ4v) is 4.76. The molecule has 0 aromatic heterocycles. The molecule has 4 unspecified atom stereocenters. The van der Waals surface area contributed by atoms with E-state index in [1.54, 1.807) is 11.9 Å². The number of allylic oxidation sites excluding steroid dienone is 2. The van der Waals surface area contributed by atoms with E-state index in [0.717, 1.165) is 16.5 Å². The molecule has 0 spiro atoms. The number of carbonyl (C=O) groups is 3. The van der Waals surface area contributed by atoms with E-state index in [1.165, 1.54) is 4.90 Å². The van der Waals surface area contributed by atoms with E-state index in [1.807, 2.05) is 24.3 Å². The first-order valence-corrected chi connectivity index (χ1v) is 9.27. The molecule has 4 rings (SSSR count). The second-order valence-corrected chi connectivity index (χ2v) is 7.96. The van der Waals surface area contributed by atoms with E-state index >= 15 is 0 Å². The first kappa shape index (κ1) is 16.5. The third kappa shape index (κ3) is 2.63. The molecule has 6 heteroatoms. The Labute approximate surface area is 154 Å². The van der Waals surface area contributed by atoms with Crippen LogP contribution < -0.4 is 0 Å². The van der Waals surface area contributed by atoms with Crippen LogP contribution in [-0.2, 0) is 20.9 Å². The molecule has 2 aliphatic carbocycles. The van der Waals surface area contributed by atoms with Gasteiger partial charge in [-0.3, -0.25) is 19.3 Å². The van der Waals surface area contributed by atoms with Gasteiger partial charge >= 0.3 is 0 Å². The van der Waals surface area contributed by atoms with Gasteiger partial charge in [0.1, 0.15) is 6.54 Å². The van der Waals surface area contributed by atoms with Gasteiger partial charge in [0.2, 0.25) is 17.7 Å². The van der Waals surface area contributed by atoms with E-state index in [2.05, 4.69) is 28.1 Å². The molecule has 0 N–H and O–H groups in total. The highest BCUT2D eigenvalue weighted by molar-refractivity contribution is 9.10. The molecule has 3 amide bonds. The van der Waals surface area contributed by atoms with Gasteiger partial charge in [-0.2, -0.15) is 0 Å². The van der Waals surface area contributed by atoms with Gasteiger partial charge in [-0.15, -0.1) is 0 Å². The maximum Gasteiger partial charge on any atom is 0.242 e. The summed E-state index contributed by atoms with van der Waals surface area (Å²) in [5.74, 6) is -0.719. The van der Waals surface area contributed by atoms with Crippen LogP contribution in [0.25, 0.3) is 0 Å². The Morgan fingerprint density at radius 2 is 1.76 bits per heavy atom. The molecule has 25 heavy (non-hydrogen) atoms. The quantitative estimate of drug-likeness (QED) is 0.572. The lowest BCUT2D eigenvalue weighted by atomic mass is 9.85. The summed E-state index contributed by atoms with van der Waals surface area (Å²) in [6.45, 7) is 0.265. The zero-order valence-corrected chi connectivity index (χ0v) is 15.5. The van der Waals surface area contributed by atoms with Crippen molar-refractivity contribution >= 4 is 33.7 Å². The number of hydrogen-bond donors (Lipinski definition) is 0. The van der Waals surface area contributed by atoms with Crippen LogP contribution in [0.5, 0.6) is 0 Å². The minimum absolute atomic E-state index is 0.162. The fourth-order valence-electron chi connectivity index (χ4n) is 4.35. The molecule has 5 nitrogen and oxygen atoms in total. The molecule has 1 aliphatic heterocycles. The van der Waals surface area contributed by atoms with Crippen LogP contribution in [0.2, 0.25) is 0 Å². The molecule has 1 aromatic rings. The number of rotatable bonds is 4. The largest absolute Gasteiger partial charge is 0.340 e. The average Bonchev–Trinajstić information content (AvgIpc) is 3.26. The highest BCUT2D eigenvalue weighted by Crippen LogP contribution is 2.52. The standard InChI is InChI=1S/C19H19BrN2O3/c1-21(9-13-4-2-3-5-14(13)20)15(23)10-22-18(24)16-11-6-7-12(8-11)17(16)19(22)25/h2-7,11-12,16-17H,8-10H2,1H3. The van der Waals surface area contributed by atoms with Gasteiger partial charge in [-0.1, -0.05) is 46.3 Å². The number of imide groups is 1. The normalized spacial score (nSPS) is 29.4. The number of fused-ring (bicyclic) bond motifs is 5. The topological polar surface area (TPSA) is 57.7 Å². The Balaban J connectivity index is 1.44. The van der Waals surface area contributed by atoms with Gasteiger partial charge in [-0.05, 0) is 29.9 Å². The number of amides is 3. The van der Waals surface area contributed by atoms with Gasteiger partial charge in [-0.25, -0.2) is 0 Å². The average molecular weight is 403 g/mol. The molecule has 2 bridgehead atoms. The molecule has 1 saturated carbocycles. The van der Waals surface area contributed by atoms with Crippen LogP contribution in [0, 0.1) is 23.7 Å². The number of likely N-dealkylation sites (N-methyl/N-ethyl adjacent to an activating group) is 1. The van der Waals surface area contributed by atoms with Gasteiger partial charge in [0.05, 0.1) is 11.8 Å². The summed E-state index contributed by atoms with van der Waals surface area (Å²) >= 11 is 3.47. The van der Waals surface area contributed by atoms with Crippen LogP contribution in [0.1, 0.15) is 12.0 Å². The van der Waals surface area contributed by atoms with Crippen LogP contribution in [0.4, 0.5) is 0 Å². The number of likely N-dealkylation sites (tertiary alicyclic amines) is 1. The zero-order chi connectivity index (χ0) is 17.7. The summed E-state index contributed by atoms with van der Waals surface area (Å²) in [4.78, 5) is 40.6. The number of halogens is 1. The highest BCUT2D eigenvalue weighted by atomic mass is 79.9. The summed E-state index contributed by atoms with van der Waals surface area (Å²) in [7, 11) is 1.69. The second kappa shape index (κ2) is 6.09. The van der Waals surface area contributed by atoms with Crippen LogP contribution in [-0.4, -0.2) is 41.1 Å². The van der Waals surface area contributed by atoms with Crippen molar-refractivity contribution in [3.05, 3.63) is 46.5 Å². The van der Waals surface area contributed by atoms with Crippen molar-refractivity contribution in [1.29, 1.82) is 0 Å². The lowest BCUT2D eigenvalue weighted by Gasteiger charge is -2.22. The van der Waals surface area contributed by atoms with Gasteiger partial charge in [0, 0.05) is 18.1 Å². The molecule has 130 valence electrons. The number of nitrogens with zero attached hydrogens (tertiary/aromatic N) is 2. The Morgan fingerprint density at radius 3 is 2.36 bits per heavy atom. The second-order valence-electron chi connectivity index (χ2n) is 7.10. The number of carbonyl (C=O) groups excluding carboxylic acids is 3. The number of benzene rings is 1. The summed E-state index contributed by atoms with van der Waals surface area (Å²) in [6.07, 6.45) is 5.01. The predicted molar refractivity (Wildman–Crippen MR) is 95.1 cm³/mol.